The quantitative estimate of drug-likeness (QED) is 0.735. The molecule has 0 saturated carbocycles. The molecule has 1 atom stereocenters. The van der Waals surface area contributed by atoms with Crippen LogP contribution in [0.25, 0.3) is 0 Å². The summed E-state index contributed by atoms with van der Waals surface area (Å²) >= 11 is 0. The van der Waals surface area contributed by atoms with E-state index in [1.165, 1.54) is 58.3 Å². The molecule has 0 bridgehead atoms. The molecule has 1 unspecified atom stereocenters. The van der Waals surface area contributed by atoms with Gasteiger partial charge in [-0.25, -0.2) is 0 Å². The Hall–Kier alpha value is -0.0800. The van der Waals surface area contributed by atoms with Gasteiger partial charge >= 0.3 is 0 Å². The zero-order chi connectivity index (χ0) is 12.7. The van der Waals surface area contributed by atoms with Gasteiger partial charge in [-0.3, -0.25) is 0 Å². The molecule has 0 amide bonds. The second-order valence-corrected chi connectivity index (χ2v) is 6.50. The summed E-state index contributed by atoms with van der Waals surface area (Å²) in [6.07, 6.45) is 6.65. The molecule has 0 radical (unpaired) electrons. The van der Waals surface area contributed by atoms with Gasteiger partial charge in [-0.05, 0) is 70.6 Å². The van der Waals surface area contributed by atoms with E-state index in [1.54, 1.807) is 0 Å². The molecule has 0 spiro atoms. The van der Waals surface area contributed by atoms with Gasteiger partial charge in [0.2, 0.25) is 0 Å². The highest BCUT2D eigenvalue weighted by molar-refractivity contribution is 4.78. The Morgan fingerprint density at radius 3 is 2.47 bits per heavy atom. The molecule has 102 valence electrons. The van der Waals surface area contributed by atoms with Gasteiger partial charge in [0.15, 0.2) is 0 Å². The number of nitrogens with one attached hydrogen (secondary N) is 1. The Morgan fingerprint density at radius 1 is 1.24 bits per heavy atom. The third kappa shape index (κ3) is 6.42. The van der Waals surface area contributed by atoms with Crippen molar-refractivity contribution in [2.45, 2.75) is 65.8 Å². The zero-order valence-corrected chi connectivity index (χ0v) is 12.4. The Labute approximate surface area is 108 Å². The van der Waals surface area contributed by atoms with Gasteiger partial charge in [-0.2, -0.15) is 0 Å². The lowest BCUT2D eigenvalue weighted by Gasteiger charge is -2.37. The molecular formula is C15H32N2. The van der Waals surface area contributed by atoms with Crippen molar-refractivity contribution in [3.05, 3.63) is 0 Å². The molecule has 1 N–H and O–H groups in total. The average Bonchev–Trinajstić information content (AvgIpc) is 2.29. The van der Waals surface area contributed by atoms with E-state index < -0.39 is 0 Å². The van der Waals surface area contributed by atoms with Crippen LogP contribution in [0.1, 0.15) is 59.8 Å². The largest absolute Gasteiger partial charge is 0.314 e. The lowest BCUT2D eigenvalue weighted by Crippen LogP contribution is -2.38. The molecule has 2 heteroatoms. The van der Waals surface area contributed by atoms with Crippen LogP contribution in [-0.2, 0) is 0 Å². The summed E-state index contributed by atoms with van der Waals surface area (Å²) in [5.74, 6) is 0. The minimum absolute atomic E-state index is 0.590. The van der Waals surface area contributed by atoms with Crippen LogP contribution in [0, 0.1) is 5.41 Å². The Bertz CT molecular complexity index is 191. The summed E-state index contributed by atoms with van der Waals surface area (Å²) in [6.45, 7) is 14.4. The lowest BCUT2D eigenvalue weighted by atomic mass is 9.82. The third-order valence-electron chi connectivity index (χ3n) is 4.06. The average molecular weight is 240 g/mol. The second kappa shape index (κ2) is 7.38. The van der Waals surface area contributed by atoms with E-state index in [4.69, 9.17) is 0 Å². The summed E-state index contributed by atoms with van der Waals surface area (Å²) in [4.78, 5) is 2.65. The summed E-state index contributed by atoms with van der Waals surface area (Å²) in [7, 11) is 0. The van der Waals surface area contributed by atoms with Crippen LogP contribution in [0.5, 0.6) is 0 Å². The van der Waals surface area contributed by atoms with Crippen molar-refractivity contribution in [3.63, 3.8) is 0 Å². The standard InChI is InChI=1S/C15H32N2/c1-5-10-16-14(2)7-6-11-17-12-8-15(3,4)9-13-17/h14,16H,5-13H2,1-4H3. The van der Waals surface area contributed by atoms with Crippen LogP contribution in [0.2, 0.25) is 0 Å². The van der Waals surface area contributed by atoms with Gasteiger partial charge in [-0.15, -0.1) is 0 Å². The van der Waals surface area contributed by atoms with Crippen molar-refractivity contribution in [1.82, 2.24) is 10.2 Å². The van der Waals surface area contributed by atoms with E-state index in [1.807, 2.05) is 0 Å². The monoisotopic (exact) mass is 240 g/mol. The SMILES string of the molecule is CCCNC(C)CCCN1CCC(C)(C)CC1. The Morgan fingerprint density at radius 2 is 1.88 bits per heavy atom. The van der Waals surface area contributed by atoms with E-state index in [0.717, 1.165) is 0 Å². The number of likely N-dealkylation sites (tertiary alicyclic amines) is 1. The third-order valence-corrected chi connectivity index (χ3v) is 4.06. The number of rotatable bonds is 7. The fraction of sp³-hybridized carbons (Fsp3) is 1.00. The van der Waals surface area contributed by atoms with Crippen LogP contribution >= 0.6 is 0 Å². The molecule has 1 rings (SSSR count). The first-order valence-corrected chi connectivity index (χ1v) is 7.49. The first-order valence-electron chi connectivity index (χ1n) is 7.49. The van der Waals surface area contributed by atoms with Gasteiger partial charge in [0.25, 0.3) is 0 Å². The van der Waals surface area contributed by atoms with E-state index in [0.29, 0.717) is 11.5 Å². The first-order chi connectivity index (χ1) is 8.03. The molecule has 0 aliphatic carbocycles. The van der Waals surface area contributed by atoms with Crippen LogP contribution in [0.3, 0.4) is 0 Å². The molecule has 1 aliphatic heterocycles. The predicted octanol–water partition coefficient (Wildman–Crippen LogP) is 3.28. The maximum Gasteiger partial charge on any atom is 0.00391 e. The van der Waals surface area contributed by atoms with Crippen LogP contribution in [-0.4, -0.2) is 37.1 Å². The molecule has 1 aliphatic rings. The second-order valence-electron chi connectivity index (χ2n) is 6.50. The fourth-order valence-corrected chi connectivity index (χ4v) is 2.50. The molecule has 0 aromatic rings. The predicted molar refractivity (Wildman–Crippen MR) is 76.4 cm³/mol. The van der Waals surface area contributed by atoms with Crippen LogP contribution in [0.15, 0.2) is 0 Å². The lowest BCUT2D eigenvalue weighted by molar-refractivity contribution is 0.130. The molecule has 2 nitrogen and oxygen atoms in total. The van der Waals surface area contributed by atoms with Gasteiger partial charge in [0.05, 0.1) is 0 Å². The smallest absolute Gasteiger partial charge is 0.00391 e. The summed E-state index contributed by atoms with van der Waals surface area (Å²) in [6, 6.07) is 0.691. The zero-order valence-electron chi connectivity index (χ0n) is 12.4. The molecule has 1 saturated heterocycles. The number of hydrogen-bond donors (Lipinski definition) is 1. The molecular weight excluding hydrogens is 208 g/mol. The van der Waals surface area contributed by atoms with Crippen molar-refractivity contribution >= 4 is 0 Å². The normalized spacial score (nSPS) is 22.6. The highest BCUT2D eigenvalue weighted by Gasteiger charge is 2.24. The highest BCUT2D eigenvalue weighted by atomic mass is 15.1. The topological polar surface area (TPSA) is 15.3 Å². The maximum absolute atomic E-state index is 3.56. The van der Waals surface area contributed by atoms with Gasteiger partial charge in [0.1, 0.15) is 0 Å². The molecule has 17 heavy (non-hydrogen) atoms. The minimum Gasteiger partial charge on any atom is -0.314 e. The number of hydrogen-bond acceptors (Lipinski definition) is 2. The summed E-state index contributed by atoms with van der Waals surface area (Å²) in [5, 5.41) is 3.56. The molecule has 0 aromatic heterocycles. The van der Waals surface area contributed by atoms with E-state index in [9.17, 15) is 0 Å². The Kier molecular flexibility index (Phi) is 6.50. The van der Waals surface area contributed by atoms with Crippen molar-refractivity contribution in [2.75, 3.05) is 26.2 Å². The van der Waals surface area contributed by atoms with Gasteiger partial charge < -0.3 is 10.2 Å². The van der Waals surface area contributed by atoms with Crippen molar-refractivity contribution < 1.29 is 0 Å². The minimum atomic E-state index is 0.590. The van der Waals surface area contributed by atoms with Crippen molar-refractivity contribution in [2.24, 2.45) is 5.41 Å². The maximum atomic E-state index is 3.56. The highest BCUT2D eigenvalue weighted by Crippen LogP contribution is 2.29. The molecule has 1 heterocycles. The van der Waals surface area contributed by atoms with E-state index in [-0.39, 0.29) is 0 Å². The van der Waals surface area contributed by atoms with E-state index >= 15 is 0 Å². The fourth-order valence-electron chi connectivity index (χ4n) is 2.50. The first kappa shape index (κ1) is 15.0. The molecule has 1 fully saturated rings. The van der Waals surface area contributed by atoms with Crippen molar-refractivity contribution in [3.8, 4) is 0 Å². The number of nitrogens with zero attached hydrogens (tertiary/aromatic N) is 1. The van der Waals surface area contributed by atoms with Gasteiger partial charge in [-0.1, -0.05) is 20.8 Å². The van der Waals surface area contributed by atoms with Crippen molar-refractivity contribution in [1.29, 1.82) is 0 Å². The number of piperidine rings is 1. The summed E-state index contributed by atoms with van der Waals surface area (Å²) in [5.41, 5.74) is 0.590. The van der Waals surface area contributed by atoms with Crippen LogP contribution in [0.4, 0.5) is 0 Å². The summed E-state index contributed by atoms with van der Waals surface area (Å²) < 4.78 is 0. The van der Waals surface area contributed by atoms with Gasteiger partial charge in [0, 0.05) is 6.04 Å². The van der Waals surface area contributed by atoms with E-state index in [2.05, 4.69) is 37.9 Å². The molecule has 0 aromatic carbocycles. The van der Waals surface area contributed by atoms with Crippen LogP contribution < -0.4 is 5.32 Å². The Balaban J connectivity index is 2.04.